The Balaban J connectivity index is 1.47. The van der Waals surface area contributed by atoms with Crippen LogP contribution in [-0.4, -0.2) is 26.8 Å². The van der Waals surface area contributed by atoms with E-state index in [9.17, 15) is 4.79 Å². The van der Waals surface area contributed by atoms with E-state index in [1.807, 2.05) is 54.6 Å². The molecule has 0 amide bonds. The average Bonchev–Trinajstić information content (AvgIpc) is 3.34. The molecule has 0 aliphatic carbocycles. The van der Waals surface area contributed by atoms with Gasteiger partial charge in [0.25, 0.3) is 5.56 Å². The second kappa shape index (κ2) is 9.70. The zero-order valence-electron chi connectivity index (χ0n) is 18.1. The van der Waals surface area contributed by atoms with E-state index in [4.69, 9.17) is 25.8 Å². The lowest BCUT2D eigenvalue weighted by molar-refractivity contribution is 0.391. The van der Waals surface area contributed by atoms with Gasteiger partial charge >= 0.3 is 0 Å². The van der Waals surface area contributed by atoms with E-state index in [0.717, 1.165) is 11.1 Å². The summed E-state index contributed by atoms with van der Waals surface area (Å²) in [5.41, 5.74) is 2.21. The molecule has 7 nitrogen and oxygen atoms in total. The molecular formula is C25H19ClN4O3S. The number of aromatic nitrogens is 4. The van der Waals surface area contributed by atoms with Crippen molar-refractivity contribution in [2.45, 2.75) is 17.5 Å². The Hall–Kier alpha value is -3.62. The molecule has 0 saturated carbocycles. The largest absolute Gasteiger partial charge is 0.496 e. The molecule has 0 bridgehead atoms. The molecule has 170 valence electrons. The summed E-state index contributed by atoms with van der Waals surface area (Å²) in [7, 11) is 1.61. The van der Waals surface area contributed by atoms with E-state index in [0.29, 0.717) is 50.8 Å². The van der Waals surface area contributed by atoms with E-state index in [-0.39, 0.29) is 5.56 Å². The van der Waals surface area contributed by atoms with Crippen LogP contribution in [0.3, 0.4) is 0 Å². The first kappa shape index (κ1) is 22.2. The lowest BCUT2D eigenvalue weighted by atomic mass is 10.2. The summed E-state index contributed by atoms with van der Waals surface area (Å²) in [6, 6.07) is 22.2. The van der Waals surface area contributed by atoms with Crippen molar-refractivity contribution in [3.05, 3.63) is 99.6 Å². The van der Waals surface area contributed by atoms with Gasteiger partial charge in [-0.3, -0.25) is 9.36 Å². The van der Waals surface area contributed by atoms with Gasteiger partial charge in [0.05, 0.1) is 30.3 Å². The zero-order chi connectivity index (χ0) is 23.5. The number of benzene rings is 3. The smallest absolute Gasteiger partial charge is 0.262 e. The van der Waals surface area contributed by atoms with Gasteiger partial charge in [-0.1, -0.05) is 58.9 Å². The van der Waals surface area contributed by atoms with E-state index in [1.54, 1.807) is 29.9 Å². The number of hydrogen-bond donors (Lipinski definition) is 0. The number of rotatable bonds is 7. The fraction of sp³-hybridized carbons (Fsp3) is 0.120. The highest BCUT2D eigenvalue weighted by Crippen LogP contribution is 2.26. The first-order valence-corrected chi connectivity index (χ1v) is 11.8. The Labute approximate surface area is 204 Å². The van der Waals surface area contributed by atoms with E-state index in [1.165, 1.54) is 11.8 Å². The van der Waals surface area contributed by atoms with Crippen LogP contribution >= 0.6 is 23.4 Å². The second-order valence-electron chi connectivity index (χ2n) is 7.42. The van der Waals surface area contributed by atoms with Crippen molar-refractivity contribution in [1.82, 2.24) is 19.7 Å². The number of methoxy groups -OCH3 is 1. The number of fused-ring (bicyclic) bond motifs is 1. The molecule has 0 saturated heterocycles. The predicted molar refractivity (Wildman–Crippen MR) is 132 cm³/mol. The van der Waals surface area contributed by atoms with Crippen LogP contribution < -0.4 is 10.3 Å². The molecule has 2 heterocycles. The maximum absolute atomic E-state index is 13.4. The van der Waals surface area contributed by atoms with Crippen LogP contribution in [0.25, 0.3) is 22.3 Å². The Bertz CT molecular complexity index is 1520. The van der Waals surface area contributed by atoms with E-state index >= 15 is 0 Å². The quantitative estimate of drug-likeness (QED) is 0.221. The van der Waals surface area contributed by atoms with Crippen LogP contribution in [0.1, 0.15) is 11.5 Å². The summed E-state index contributed by atoms with van der Waals surface area (Å²) < 4.78 is 12.6. The molecule has 5 aromatic rings. The molecule has 0 N–H and O–H groups in total. The highest BCUT2D eigenvalue weighted by molar-refractivity contribution is 7.98. The molecule has 9 heteroatoms. The Morgan fingerprint density at radius 2 is 1.76 bits per heavy atom. The number of ether oxygens (including phenoxy) is 1. The van der Waals surface area contributed by atoms with Crippen molar-refractivity contribution >= 4 is 34.3 Å². The number of thioether (sulfide) groups is 1. The van der Waals surface area contributed by atoms with Crippen LogP contribution in [0.15, 0.2) is 87.3 Å². The maximum atomic E-state index is 13.4. The van der Waals surface area contributed by atoms with Crippen LogP contribution in [0, 0.1) is 0 Å². The van der Waals surface area contributed by atoms with Gasteiger partial charge in [-0.15, -0.1) is 0 Å². The fourth-order valence-corrected chi connectivity index (χ4v) is 4.52. The lowest BCUT2D eigenvalue weighted by Crippen LogP contribution is -2.24. The van der Waals surface area contributed by atoms with Crippen molar-refractivity contribution in [2.24, 2.45) is 0 Å². The van der Waals surface area contributed by atoms with Gasteiger partial charge in [0, 0.05) is 16.1 Å². The Morgan fingerprint density at radius 3 is 2.59 bits per heavy atom. The van der Waals surface area contributed by atoms with Gasteiger partial charge in [0.1, 0.15) is 5.75 Å². The van der Waals surface area contributed by atoms with Crippen LogP contribution in [0.5, 0.6) is 5.75 Å². The number of hydrogen-bond acceptors (Lipinski definition) is 7. The summed E-state index contributed by atoms with van der Waals surface area (Å²) in [6.07, 6.45) is 0. The van der Waals surface area contributed by atoms with Crippen LogP contribution in [0.4, 0.5) is 0 Å². The molecule has 5 rings (SSSR count). The molecule has 0 atom stereocenters. The lowest BCUT2D eigenvalue weighted by Gasteiger charge is -2.14. The van der Waals surface area contributed by atoms with Crippen molar-refractivity contribution in [3.8, 4) is 17.1 Å². The number of nitrogens with zero attached hydrogens (tertiary/aromatic N) is 4. The van der Waals surface area contributed by atoms with Gasteiger partial charge in [-0.25, -0.2) is 4.98 Å². The number of para-hydroxylation sites is 2. The first-order chi connectivity index (χ1) is 16.6. The van der Waals surface area contributed by atoms with Crippen molar-refractivity contribution in [3.63, 3.8) is 0 Å². The summed E-state index contributed by atoms with van der Waals surface area (Å²) in [4.78, 5) is 22.6. The standard InChI is InChI=1S/C25H19ClN4O3S/c1-32-21-9-5-2-6-17(21)14-30-24(31)19-7-3-4-8-20(19)27-25(30)34-15-22-28-23(29-33-22)16-10-12-18(26)13-11-16/h2-13H,14-15H2,1H3. The molecular weight excluding hydrogens is 472 g/mol. The third kappa shape index (κ3) is 4.55. The van der Waals surface area contributed by atoms with Gasteiger partial charge in [-0.2, -0.15) is 4.98 Å². The Kier molecular flexibility index (Phi) is 6.33. The van der Waals surface area contributed by atoms with Crippen molar-refractivity contribution in [2.75, 3.05) is 7.11 Å². The molecule has 0 spiro atoms. The van der Waals surface area contributed by atoms with Gasteiger partial charge < -0.3 is 9.26 Å². The molecule has 0 aliphatic rings. The third-order valence-electron chi connectivity index (χ3n) is 5.24. The minimum Gasteiger partial charge on any atom is -0.496 e. The van der Waals surface area contributed by atoms with Crippen molar-refractivity contribution in [1.29, 1.82) is 0 Å². The topological polar surface area (TPSA) is 83.0 Å². The normalized spacial score (nSPS) is 11.1. The minimum absolute atomic E-state index is 0.119. The molecule has 3 aromatic carbocycles. The minimum atomic E-state index is -0.119. The fourth-order valence-electron chi connectivity index (χ4n) is 3.56. The highest BCUT2D eigenvalue weighted by atomic mass is 35.5. The zero-order valence-corrected chi connectivity index (χ0v) is 19.7. The van der Waals surface area contributed by atoms with Crippen molar-refractivity contribution < 1.29 is 9.26 Å². The van der Waals surface area contributed by atoms with E-state index < -0.39 is 0 Å². The summed E-state index contributed by atoms with van der Waals surface area (Å²) >= 11 is 7.32. The summed E-state index contributed by atoms with van der Waals surface area (Å²) in [6.45, 7) is 0.322. The molecule has 34 heavy (non-hydrogen) atoms. The molecule has 0 radical (unpaired) electrons. The highest BCUT2D eigenvalue weighted by Gasteiger charge is 2.16. The summed E-state index contributed by atoms with van der Waals surface area (Å²) in [5.74, 6) is 1.98. The molecule has 0 fully saturated rings. The second-order valence-corrected chi connectivity index (χ2v) is 8.80. The van der Waals surface area contributed by atoms with Gasteiger partial charge in [0.2, 0.25) is 11.7 Å². The van der Waals surface area contributed by atoms with Crippen LogP contribution in [-0.2, 0) is 12.3 Å². The maximum Gasteiger partial charge on any atom is 0.262 e. The third-order valence-corrected chi connectivity index (χ3v) is 6.46. The number of halogens is 1. The van der Waals surface area contributed by atoms with E-state index in [2.05, 4.69) is 10.1 Å². The predicted octanol–water partition coefficient (Wildman–Crippen LogP) is 5.45. The monoisotopic (exact) mass is 490 g/mol. The van der Waals surface area contributed by atoms with Crippen LogP contribution in [0.2, 0.25) is 5.02 Å². The first-order valence-electron chi connectivity index (χ1n) is 10.4. The van der Waals surface area contributed by atoms with Gasteiger partial charge in [-0.05, 0) is 42.5 Å². The van der Waals surface area contributed by atoms with Gasteiger partial charge in [0.15, 0.2) is 5.16 Å². The SMILES string of the molecule is COc1ccccc1Cn1c(SCc2nc(-c3ccc(Cl)cc3)no2)nc2ccccc2c1=O. The molecule has 0 unspecified atom stereocenters. The average molecular weight is 491 g/mol. The molecule has 2 aromatic heterocycles. The Morgan fingerprint density at radius 1 is 1.00 bits per heavy atom. The summed E-state index contributed by atoms with van der Waals surface area (Å²) in [5, 5.41) is 5.81. The molecule has 0 aliphatic heterocycles.